The van der Waals surface area contributed by atoms with E-state index in [9.17, 15) is 19.8 Å². The van der Waals surface area contributed by atoms with Gasteiger partial charge >= 0.3 is 4.87 Å². The van der Waals surface area contributed by atoms with E-state index in [1.165, 1.54) is 0 Å². The lowest BCUT2D eigenvalue weighted by atomic mass is 9.98. The standard InChI is InChI=1S/C19H15N3O4S/c23-11-7-5-10(6-8-11)14-9-15(16-17(24)22-19(26)27-18(16)25)21-13-4-2-1-3-12(13)20-14/h1-8,14,20,23,25H,9H2,(H,22,24,26). The molecule has 1 aromatic heterocycles. The maximum absolute atomic E-state index is 12.3. The van der Waals surface area contributed by atoms with Crippen molar-refractivity contribution in [1.29, 1.82) is 0 Å². The highest BCUT2D eigenvalue weighted by molar-refractivity contribution is 7.11. The fourth-order valence-electron chi connectivity index (χ4n) is 3.05. The number of benzene rings is 2. The van der Waals surface area contributed by atoms with E-state index < -0.39 is 10.4 Å². The van der Waals surface area contributed by atoms with Crippen LogP contribution in [0.25, 0.3) is 0 Å². The number of aromatic hydroxyl groups is 2. The van der Waals surface area contributed by atoms with Gasteiger partial charge in [0.25, 0.3) is 5.56 Å². The van der Waals surface area contributed by atoms with Gasteiger partial charge in [-0.3, -0.25) is 19.6 Å². The first-order valence-electron chi connectivity index (χ1n) is 8.20. The molecule has 1 aliphatic heterocycles. The average molecular weight is 381 g/mol. The number of anilines is 1. The first kappa shape index (κ1) is 17.0. The molecule has 0 saturated heterocycles. The van der Waals surface area contributed by atoms with Gasteiger partial charge in [0.15, 0.2) is 5.06 Å². The number of nitrogens with one attached hydrogen (secondary N) is 2. The molecule has 0 bridgehead atoms. The highest BCUT2D eigenvalue weighted by atomic mass is 32.1. The molecule has 7 nitrogen and oxygen atoms in total. The Hall–Kier alpha value is -3.39. The Morgan fingerprint density at radius 2 is 1.78 bits per heavy atom. The van der Waals surface area contributed by atoms with Crippen LogP contribution in [0.4, 0.5) is 11.4 Å². The molecule has 1 unspecified atom stereocenters. The lowest BCUT2D eigenvalue weighted by Gasteiger charge is -2.19. The molecule has 4 rings (SSSR count). The van der Waals surface area contributed by atoms with Crippen LogP contribution in [0.15, 0.2) is 63.1 Å². The van der Waals surface area contributed by atoms with Crippen molar-refractivity contribution in [3.8, 4) is 10.8 Å². The number of aromatic amines is 1. The predicted molar refractivity (Wildman–Crippen MR) is 105 cm³/mol. The molecular weight excluding hydrogens is 366 g/mol. The van der Waals surface area contributed by atoms with Crippen molar-refractivity contribution in [3.63, 3.8) is 0 Å². The zero-order chi connectivity index (χ0) is 19.0. The summed E-state index contributed by atoms with van der Waals surface area (Å²) in [5.41, 5.74) is 2.01. The van der Waals surface area contributed by atoms with Crippen LogP contribution in [0.2, 0.25) is 0 Å². The quantitative estimate of drug-likeness (QED) is 0.545. The Labute approximate surface area is 157 Å². The van der Waals surface area contributed by atoms with Crippen LogP contribution in [0.5, 0.6) is 10.8 Å². The summed E-state index contributed by atoms with van der Waals surface area (Å²) in [5.74, 6) is 0.156. The third-order valence-corrected chi connectivity index (χ3v) is 5.00. The normalized spacial score (nSPS) is 16.0. The van der Waals surface area contributed by atoms with Gasteiger partial charge in [-0.05, 0) is 41.2 Å². The number of H-pyrrole nitrogens is 1. The molecule has 27 heavy (non-hydrogen) atoms. The van der Waals surface area contributed by atoms with Gasteiger partial charge in [0.05, 0.1) is 23.1 Å². The molecule has 136 valence electrons. The van der Waals surface area contributed by atoms with Gasteiger partial charge in [-0.15, -0.1) is 0 Å². The monoisotopic (exact) mass is 381 g/mol. The summed E-state index contributed by atoms with van der Waals surface area (Å²) in [4.78, 5) is 29.9. The minimum atomic E-state index is -0.668. The second-order valence-corrected chi connectivity index (χ2v) is 7.05. The molecule has 3 aromatic rings. The van der Waals surface area contributed by atoms with E-state index in [0.29, 0.717) is 29.2 Å². The van der Waals surface area contributed by atoms with Gasteiger partial charge in [0, 0.05) is 6.42 Å². The Morgan fingerprint density at radius 1 is 1.04 bits per heavy atom. The number of aliphatic imine (C=N–C) groups is 1. The first-order chi connectivity index (χ1) is 13.0. The molecule has 0 amide bonds. The van der Waals surface area contributed by atoms with Crippen LogP contribution in [-0.4, -0.2) is 20.9 Å². The van der Waals surface area contributed by atoms with Gasteiger partial charge in [-0.1, -0.05) is 24.3 Å². The first-order valence-corrected chi connectivity index (χ1v) is 9.02. The van der Waals surface area contributed by atoms with Crippen LogP contribution in [0.1, 0.15) is 23.6 Å². The van der Waals surface area contributed by atoms with Gasteiger partial charge in [-0.2, -0.15) is 0 Å². The van der Waals surface area contributed by atoms with Crippen LogP contribution in [-0.2, 0) is 0 Å². The van der Waals surface area contributed by atoms with E-state index in [1.54, 1.807) is 30.3 Å². The van der Waals surface area contributed by atoms with Gasteiger partial charge < -0.3 is 15.5 Å². The third kappa shape index (κ3) is 3.34. The summed E-state index contributed by atoms with van der Waals surface area (Å²) in [6.07, 6.45) is 0.307. The largest absolute Gasteiger partial charge is 0.508 e. The van der Waals surface area contributed by atoms with Crippen LogP contribution in [0, 0.1) is 0 Å². The summed E-state index contributed by atoms with van der Waals surface area (Å²) in [6, 6.07) is 13.9. The van der Waals surface area contributed by atoms with Gasteiger partial charge in [0.1, 0.15) is 11.3 Å². The maximum Gasteiger partial charge on any atom is 0.310 e. The smallest absolute Gasteiger partial charge is 0.310 e. The van der Waals surface area contributed by atoms with Crippen molar-refractivity contribution in [2.45, 2.75) is 12.5 Å². The minimum Gasteiger partial charge on any atom is -0.508 e. The van der Waals surface area contributed by atoms with Crippen molar-refractivity contribution in [2.24, 2.45) is 4.99 Å². The number of para-hydroxylation sites is 2. The molecule has 0 spiro atoms. The molecule has 0 fully saturated rings. The SMILES string of the molecule is O=c1[nH]c(=O)c(C2=Nc3ccccc3NC(c3ccc(O)cc3)C2)c(O)s1. The predicted octanol–water partition coefficient (Wildman–Crippen LogP) is 2.89. The van der Waals surface area contributed by atoms with Crippen molar-refractivity contribution in [2.75, 3.05) is 5.32 Å². The minimum absolute atomic E-state index is 0.00174. The summed E-state index contributed by atoms with van der Waals surface area (Å²) in [6.45, 7) is 0. The molecule has 2 aromatic carbocycles. The summed E-state index contributed by atoms with van der Waals surface area (Å²) < 4.78 is 0. The Bertz CT molecular complexity index is 1150. The number of hydrogen-bond acceptors (Lipinski definition) is 7. The van der Waals surface area contributed by atoms with E-state index in [2.05, 4.69) is 15.3 Å². The van der Waals surface area contributed by atoms with E-state index in [1.807, 2.05) is 18.2 Å². The van der Waals surface area contributed by atoms with E-state index >= 15 is 0 Å². The summed E-state index contributed by atoms with van der Waals surface area (Å²) in [7, 11) is 0. The molecule has 0 aliphatic carbocycles. The van der Waals surface area contributed by atoms with E-state index in [-0.39, 0.29) is 22.4 Å². The van der Waals surface area contributed by atoms with Crippen molar-refractivity contribution in [1.82, 2.24) is 4.98 Å². The molecule has 0 radical (unpaired) electrons. The molecule has 8 heteroatoms. The average Bonchev–Trinajstić information content (AvgIpc) is 2.81. The zero-order valence-electron chi connectivity index (χ0n) is 14.0. The molecular formula is C19H15N3O4S. The number of phenolic OH excluding ortho intramolecular Hbond substituents is 1. The summed E-state index contributed by atoms with van der Waals surface area (Å²) in [5, 5.41) is 22.8. The fourth-order valence-corrected chi connectivity index (χ4v) is 3.69. The van der Waals surface area contributed by atoms with Crippen molar-refractivity contribution >= 4 is 28.4 Å². The third-order valence-electron chi connectivity index (χ3n) is 4.32. The molecule has 1 atom stereocenters. The highest BCUT2D eigenvalue weighted by Crippen LogP contribution is 2.36. The number of rotatable bonds is 2. The van der Waals surface area contributed by atoms with Crippen molar-refractivity contribution in [3.05, 3.63) is 79.7 Å². The van der Waals surface area contributed by atoms with Gasteiger partial charge in [-0.25, -0.2) is 0 Å². The lowest BCUT2D eigenvalue weighted by Crippen LogP contribution is -2.25. The highest BCUT2D eigenvalue weighted by Gasteiger charge is 2.25. The van der Waals surface area contributed by atoms with Gasteiger partial charge in [0.2, 0.25) is 0 Å². The fraction of sp³-hybridized carbons (Fsp3) is 0.105. The van der Waals surface area contributed by atoms with Crippen LogP contribution in [0.3, 0.4) is 0 Å². The molecule has 4 N–H and O–H groups in total. The molecule has 0 saturated carbocycles. The topological polar surface area (TPSA) is 115 Å². The van der Waals surface area contributed by atoms with Crippen LogP contribution < -0.4 is 15.7 Å². The number of aromatic nitrogens is 1. The van der Waals surface area contributed by atoms with E-state index in [4.69, 9.17) is 0 Å². The maximum atomic E-state index is 12.3. The number of fused-ring (bicyclic) bond motifs is 1. The van der Waals surface area contributed by atoms with E-state index in [0.717, 1.165) is 11.3 Å². The Balaban J connectivity index is 1.88. The van der Waals surface area contributed by atoms with Crippen LogP contribution >= 0.6 is 11.3 Å². The number of hydrogen-bond donors (Lipinski definition) is 4. The Kier molecular flexibility index (Phi) is 4.25. The Morgan fingerprint density at radius 3 is 2.52 bits per heavy atom. The summed E-state index contributed by atoms with van der Waals surface area (Å²) >= 11 is 0.564. The molecule has 1 aliphatic rings. The number of nitrogens with zero attached hydrogens (tertiary/aromatic N) is 1. The number of phenols is 1. The molecule has 2 heterocycles. The van der Waals surface area contributed by atoms with Crippen molar-refractivity contribution < 1.29 is 10.2 Å². The zero-order valence-corrected chi connectivity index (χ0v) is 14.8. The second kappa shape index (κ2) is 6.73. The second-order valence-electron chi connectivity index (χ2n) is 6.09. The lowest BCUT2D eigenvalue weighted by molar-refractivity contribution is 0.475.